The van der Waals surface area contributed by atoms with Gasteiger partial charge in [-0.25, -0.2) is 0 Å². The summed E-state index contributed by atoms with van der Waals surface area (Å²) in [5.41, 5.74) is 3.57. The van der Waals surface area contributed by atoms with E-state index >= 15 is 0 Å². The standard InChI is InChI=1S/C12H16O2/c1-9-7-10(2)11(3)12(8-9)14-6-4-5-13/h5,7-8H,4,6H2,1-3H3. The first-order valence-corrected chi connectivity index (χ1v) is 4.79. The van der Waals surface area contributed by atoms with Crippen LogP contribution >= 0.6 is 0 Å². The number of carbonyl (C=O) groups is 1. The van der Waals surface area contributed by atoms with Gasteiger partial charge in [0.05, 0.1) is 6.61 Å². The van der Waals surface area contributed by atoms with Gasteiger partial charge in [-0.15, -0.1) is 0 Å². The van der Waals surface area contributed by atoms with E-state index in [1.807, 2.05) is 19.9 Å². The highest BCUT2D eigenvalue weighted by atomic mass is 16.5. The van der Waals surface area contributed by atoms with E-state index in [4.69, 9.17) is 4.74 Å². The second-order valence-corrected chi connectivity index (χ2v) is 3.51. The molecule has 0 saturated heterocycles. The summed E-state index contributed by atoms with van der Waals surface area (Å²) in [7, 11) is 0. The summed E-state index contributed by atoms with van der Waals surface area (Å²) < 4.78 is 5.51. The van der Waals surface area contributed by atoms with Crippen molar-refractivity contribution in [2.75, 3.05) is 6.61 Å². The van der Waals surface area contributed by atoms with Gasteiger partial charge in [0.2, 0.25) is 0 Å². The van der Waals surface area contributed by atoms with Gasteiger partial charge in [0.15, 0.2) is 0 Å². The molecule has 14 heavy (non-hydrogen) atoms. The van der Waals surface area contributed by atoms with Crippen molar-refractivity contribution in [1.82, 2.24) is 0 Å². The third-order valence-corrected chi connectivity index (χ3v) is 2.26. The zero-order chi connectivity index (χ0) is 10.6. The van der Waals surface area contributed by atoms with E-state index in [1.54, 1.807) is 0 Å². The van der Waals surface area contributed by atoms with Crippen LogP contribution in [0, 0.1) is 20.8 Å². The third kappa shape index (κ3) is 2.59. The second-order valence-electron chi connectivity index (χ2n) is 3.51. The molecule has 0 N–H and O–H groups in total. The summed E-state index contributed by atoms with van der Waals surface area (Å²) in [5.74, 6) is 0.893. The van der Waals surface area contributed by atoms with Crippen molar-refractivity contribution in [2.24, 2.45) is 0 Å². The number of hydrogen-bond donors (Lipinski definition) is 0. The van der Waals surface area contributed by atoms with E-state index in [2.05, 4.69) is 13.0 Å². The van der Waals surface area contributed by atoms with E-state index < -0.39 is 0 Å². The molecule has 0 unspecified atom stereocenters. The van der Waals surface area contributed by atoms with Crippen molar-refractivity contribution in [1.29, 1.82) is 0 Å². The molecule has 0 aliphatic carbocycles. The molecule has 0 aliphatic heterocycles. The maximum absolute atomic E-state index is 10.1. The largest absolute Gasteiger partial charge is 0.493 e. The Morgan fingerprint density at radius 1 is 1.29 bits per heavy atom. The zero-order valence-corrected chi connectivity index (χ0v) is 8.96. The van der Waals surface area contributed by atoms with Crippen molar-refractivity contribution in [3.05, 3.63) is 28.8 Å². The minimum Gasteiger partial charge on any atom is -0.493 e. The topological polar surface area (TPSA) is 26.3 Å². The van der Waals surface area contributed by atoms with Crippen LogP contribution < -0.4 is 4.74 Å². The van der Waals surface area contributed by atoms with Gasteiger partial charge in [0.1, 0.15) is 12.0 Å². The van der Waals surface area contributed by atoms with Crippen LogP contribution in [0.4, 0.5) is 0 Å². The van der Waals surface area contributed by atoms with Crippen LogP contribution in [0.15, 0.2) is 12.1 Å². The highest BCUT2D eigenvalue weighted by molar-refractivity contribution is 5.49. The molecule has 0 bridgehead atoms. The fraction of sp³-hybridized carbons (Fsp3) is 0.417. The van der Waals surface area contributed by atoms with E-state index in [-0.39, 0.29) is 0 Å². The molecule has 0 aliphatic rings. The molecule has 76 valence electrons. The lowest BCUT2D eigenvalue weighted by Crippen LogP contribution is -2.00. The minimum absolute atomic E-state index is 0.451. The van der Waals surface area contributed by atoms with Crippen LogP contribution in [0.2, 0.25) is 0 Å². The van der Waals surface area contributed by atoms with Gasteiger partial charge in [-0.05, 0) is 43.5 Å². The number of hydrogen-bond acceptors (Lipinski definition) is 2. The van der Waals surface area contributed by atoms with Crippen LogP contribution in [0.1, 0.15) is 23.1 Å². The Bertz CT molecular complexity index is 329. The Balaban J connectivity index is 2.79. The van der Waals surface area contributed by atoms with Gasteiger partial charge in [-0.2, -0.15) is 0 Å². The van der Waals surface area contributed by atoms with Crippen molar-refractivity contribution in [3.63, 3.8) is 0 Å². The minimum atomic E-state index is 0.451. The van der Waals surface area contributed by atoms with E-state index in [0.717, 1.165) is 17.6 Å². The first kappa shape index (κ1) is 10.8. The Labute approximate surface area is 84.9 Å². The Hall–Kier alpha value is -1.31. The molecule has 0 amide bonds. The Morgan fingerprint density at radius 2 is 2.00 bits per heavy atom. The summed E-state index contributed by atoms with van der Waals surface area (Å²) >= 11 is 0. The van der Waals surface area contributed by atoms with E-state index in [0.29, 0.717) is 13.0 Å². The van der Waals surface area contributed by atoms with Gasteiger partial charge < -0.3 is 9.53 Å². The number of aryl methyl sites for hydroxylation is 2. The van der Waals surface area contributed by atoms with Gasteiger partial charge in [-0.3, -0.25) is 0 Å². The lowest BCUT2D eigenvalue weighted by molar-refractivity contribution is -0.108. The number of carbonyl (C=O) groups excluding carboxylic acids is 1. The van der Waals surface area contributed by atoms with Crippen LogP contribution in [-0.4, -0.2) is 12.9 Å². The van der Waals surface area contributed by atoms with Crippen molar-refractivity contribution in [3.8, 4) is 5.75 Å². The number of ether oxygens (including phenoxy) is 1. The third-order valence-electron chi connectivity index (χ3n) is 2.26. The molecule has 0 atom stereocenters. The maximum atomic E-state index is 10.1. The molecule has 1 aromatic rings. The van der Waals surface area contributed by atoms with Gasteiger partial charge in [0, 0.05) is 6.42 Å². The highest BCUT2D eigenvalue weighted by Gasteiger charge is 2.03. The lowest BCUT2D eigenvalue weighted by Gasteiger charge is -2.11. The highest BCUT2D eigenvalue weighted by Crippen LogP contribution is 2.23. The predicted octanol–water partition coefficient (Wildman–Crippen LogP) is 2.58. The molecule has 0 saturated carbocycles. The summed E-state index contributed by atoms with van der Waals surface area (Å²) in [5, 5.41) is 0. The van der Waals surface area contributed by atoms with E-state index in [9.17, 15) is 4.79 Å². The maximum Gasteiger partial charge on any atom is 0.123 e. The number of aldehydes is 1. The molecule has 0 spiro atoms. The second kappa shape index (κ2) is 4.80. The van der Waals surface area contributed by atoms with Crippen molar-refractivity contribution >= 4 is 6.29 Å². The predicted molar refractivity (Wildman–Crippen MR) is 56.8 cm³/mol. The van der Waals surface area contributed by atoms with Crippen molar-refractivity contribution < 1.29 is 9.53 Å². The Morgan fingerprint density at radius 3 is 2.64 bits per heavy atom. The van der Waals surface area contributed by atoms with Crippen molar-refractivity contribution in [2.45, 2.75) is 27.2 Å². The number of rotatable bonds is 4. The van der Waals surface area contributed by atoms with Crippen LogP contribution in [0.25, 0.3) is 0 Å². The molecule has 0 fully saturated rings. The monoisotopic (exact) mass is 192 g/mol. The molecule has 0 heterocycles. The molecule has 0 radical (unpaired) electrons. The average Bonchev–Trinajstić information content (AvgIpc) is 2.13. The molecule has 1 aromatic carbocycles. The molecule has 2 heteroatoms. The molecular weight excluding hydrogens is 176 g/mol. The summed E-state index contributed by atoms with van der Waals surface area (Å²) in [6.07, 6.45) is 1.32. The lowest BCUT2D eigenvalue weighted by atomic mass is 10.1. The fourth-order valence-electron chi connectivity index (χ4n) is 1.37. The van der Waals surface area contributed by atoms with Crippen LogP contribution in [0.3, 0.4) is 0 Å². The molecule has 0 aromatic heterocycles. The van der Waals surface area contributed by atoms with E-state index in [1.165, 1.54) is 11.1 Å². The van der Waals surface area contributed by atoms with Gasteiger partial charge in [0.25, 0.3) is 0 Å². The average molecular weight is 192 g/mol. The summed E-state index contributed by atoms with van der Waals surface area (Å²) in [4.78, 5) is 10.1. The summed E-state index contributed by atoms with van der Waals surface area (Å²) in [6, 6.07) is 4.13. The molecule has 2 nitrogen and oxygen atoms in total. The first-order valence-electron chi connectivity index (χ1n) is 4.79. The smallest absolute Gasteiger partial charge is 0.123 e. The van der Waals surface area contributed by atoms with Crippen LogP contribution in [0.5, 0.6) is 5.75 Å². The first-order chi connectivity index (χ1) is 6.65. The van der Waals surface area contributed by atoms with Gasteiger partial charge in [-0.1, -0.05) is 6.07 Å². The zero-order valence-electron chi connectivity index (χ0n) is 8.96. The molecular formula is C12H16O2. The number of benzene rings is 1. The SMILES string of the molecule is Cc1cc(C)c(C)c(OCCC=O)c1. The fourth-order valence-corrected chi connectivity index (χ4v) is 1.37. The van der Waals surface area contributed by atoms with Gasteiger partial charge >= 0.3 is 0 Å². The molecule has 1 rings (SSSR count). The van der Waals surface area contributed by atoms with Crippen LogP contribution in [-0.2, 0) is 4.79 Å². The summed E-state index contributed by atoms with van der Waals surface area (Å²) in [6.45, 7) is 6.60. The quantitative estimate of drug-likeness (QED) is 0.541. The Kier molecular flexibility index (Phi) is 3.69. The normalized spacial score (nSPS) is 9.93.